The molecule has 1 aliphatic rings. The van der Waals surface area contributed by atoms with Crippen LogP contribution in [0.15, 0.2) is 30.4 Å². The van der Waals surface area contributed by atoms with Crippen LogP contribution in [0.2, 0.25) is 0 Å². The van der Waals surface area contributed by atoms with Gasteiger partial charge in [0, 0.05) is 30.9 Å². The number of benzene rings is 1. The molecule has 7 nitrogen and oxygen atoms in total. The van der Waals surface area contributed by atoms with Gasteiger partial charge in [-0.3, -0.25) is 9.69 Å². The lowest BCUT2D eigenvalue weighted by Crippen LogP contribution is -2.48. The van der Waals surface area contributed by atoms with Crippen molar-refractivity contribution >= 4 is 23.5 Å². The third kappa shape index (κ3) is 7.18. The second-order valence-corrected chi connectivity index (χ2v) is 6.74. The van der Waals surface area contributed by atoms with Crippen LogP contribution in [-0.2, 0) is 14.4 Å². The number of rotatable bonds is 5. The van der Waals surface area contributed by atoms with E-state index in [-0.39, 0.29) is 0 Å². The molecule has 1 heterocycles. The van der Waals surface area contributed by atoms with E-state index in [0.717, 1.165) is 22.6 Å². The van der Waals surface area contributed by atoms with Crippen molar-refractivity contribution in [3.8, 4) is 0 Å². The Hall–Kier alpha value is -2.88. The number of anilines is 1. The first-order valence-corrected chi connectivity index (χ1v) is 9.21. The van der Waals surface area contributed by atoms with Crippen molar-refractivity contribution in [1.82, 2.24) is 4.90 Å². The molecule has 30 heavy (non-hydrogen) atoms. The van der Waals surface area contributed by atoms with Gasteiger partial charge >= 0.3 is 24.0 Å². The van der Waals surface area contributed by atoms with Gasteiger partial charge in [-0.1, -0.05) is 19.1 Å². The highest BCUT2D eigenvalue weighted by atomic mass is 19.4. The minimum Gasteiger partial charge on any atom is -0.478 e. The topological polar surface area (TPSA) is 98.2 Å². The molecule has 0 spiro atoms. The number of aryl methyl sites for hydroxylation is 1. The van der Waals surface area contributed by atoms with Gasteiger partial charge in [-0.05, 0) is 44.0 Å². The van der Waals surface area contributed by atoms with Crippen molar-refractivity contribution in [3.63, 3.8) is 0 Å². The fourth-order valence-electron chi connectivity index (χ4n) is 3.06. The van der Waals surface area contributed by atoms with Gasteiger partial charge in [0.25, 0.3) is 0 Å². The number of likely N-dealkylation sites (N-methyl/N-ethyl adjacent to an activating group) is 1. The summed E-state index contributed by atoms with van der Waals surface area (Å²) in [5.41, 5.74) is 1.96. The van der Waals surface area contributed by atoms with Crippen LogP contribution in [0, 0.1) is 13.8 Å². The number of carbonyl (C=O) groups excluding carboxylic acids is 1. The van der Waals surface area contributed by atoms with E-state index in [1.165, 1.54) is 0 Å². The van der Waals surface area contributed by atoms with Crippen molar-refractivity contribution < 1.29 is 37.8 Å². The molecule has 1 aliphatic heterocycles. The summed E-state index contributed by atoms with van der Waals surface area (Å²) < 4.78 is 39.1. The van der Waals surface area contributed by atoms with Gasteiger partial charge < -0.3 is 15.1 Å². The van der Waals surface area contributed by atoms with Gasteiger partial charge in [0.1, 0.15) is 0 Å². The fourth-order valence-corrected chi connectivity index (χ4v) is 3.06. The number of hydrogen-bond donors (Lipinski definition) is 2. The van der Waals surface area contributed by atoms with Crippen molar-refractivity contribution in [3.05, 3.63) is 41.5 Å². The summed E-state index contributed by atoms with van der Waals surface area (Å²) in [5.74, 6) is -4.29. The highest BCUT2D eigenvalue weighted by Crippen LogP contribution is 2.32. The molecule has 1 atom stereocenters. The SMILES string of the molecule is CCN1CCC(N(C(=O)C(F)(F)F)c2cccc(C)c2C)C1.O=C(O)/C=C/C(=O)O. The van der Waals surface area contributed by atoms with E-state index in [9.17, 15) is 27.6 Å². The van der Waals surface area contributed by atoms with Crippen LogP contribution in [0.3, 0.4) is 0 Å². The Morgan fingerprint density at radius 1 is 1.17 bits per heavy atom. The highest BCUT2D eigenvalue weighted by molar-refractivity contribution is 5.98. The second kappa shape index (κ2) is 10.8. The Morgan fingerprint density at radius 3 is 2.17 bits per heavy atom. The predicted octanol–water partition coefficient (Wildman–Crippen LogP) is 3.00. The molecule has 0 aromatic heterocycles. The smallest absolute Gasteiger partial charge is 0.471 e. The van der Waals surface area contributed by atoms with E-state index in [1.807, 2.05) is 19.9 Å². The molecule has 1 aromatic rings. The van der Waals surface area contributed by atoms with E-state index in [0.29, 0.717) is 37.3 Å². The summed E-state index contributed by atoms with van der Waals surface area (Å²) in [5, 5.41) is 15.6. The molecule has 0 aliphatic carbocycles. The number of halogens is 3. The quantitative estimate of drug-likeness (QED) is 0.697. The first-order valence-electron chi connectivity index (χ1n) is 9.21. The summed E-state index contributed by atoms with van der Waals surface area (Å²) in [6.07, 6.45) is -3.19. The van der Waals surface area contributed by atoms with Crippen LogP contribution >= 0.6 is 0 Å². The van der Waals surface area contributed by atoms with Crippen LogP contribution in [0.4, 0.5) is 18.9 Å². The zero-order chi connectivity index (χ0) is 23.1. The molecule has 2 rings (SSSR count). The van der Waals surface area contributed by atoms with Gasteiger partial charge in [-0.15, -0.1) is 0 Å². The van der Waals surface area contributed by atoms with Gasteiger partial charge in [-0.2, -0.15) is 13.2 Å². The molecule has 1 amide bonds. The van der Waals surface area contributed by atoms with Crippen LogP contribution in [0.5, 0.6) is 0 Å². The van der Waals surface area contributed by atoms with Gasteiger partial charge in [0.15, 0.2) is 0 Å². The molecule has 1 saturated heterocycles. The van der Waals surface area contributed by atoms with Crippen LogP contribution in [0.1, 0.15) is 24.5 Å². The zero-order valence-corrected chi connectivity index (χ0v) is 16.9. The minimum absolute atomic E-state index is 0.366. The molecular weight excluding hydrogens is 405 g/mol. The van der Waals surface area contributed by atoms with E-state index in [1.54, 1.807) is 19.1 Å². The molecule has 166 valence electrons. The number of carboxylic acids is 2. The molecule has 1 aromatic carbocycles. The Labute approximate surface area is 172 Å². The molecule has 10 heteroatoms. The lowest BCUT2D eigenvalue weighted by molar-refractivity contribution is -0.170. The van der Waals surface area contributed by atoms with Crippen molar-refractivity contribution in [2.75, 3.05) is 24.5 Å². The maximum absolute atomic E-state index is 13.0. The summed E-state index contributed by atoms with van der Waals surface area (Å²) in [4.78, 5) is 34.1. The Morgan fingerprint density at radius 2 is 1.73 bits per heavy atom. The van der Waals surface area contributed by atoms with Crippen molar-refractivity contribution in [2.24, 2.45) is 0 Å². The van der Waals surface area contributed by atoms with Crippen molar-refractivity contribution in [1.29, 1.82) is 0 Å². The van der Waals surface area contributed by atoms with Gasteiger partial charge in [0.2, 0.25) is 0 Å². The average molecular weight is 430 g/mol. The Bertz CT molecular complexity index is 792. The maximum Gasteiger partial charge on any atom is 0.471 e. The van der Waals surface area contributed by atoms with Crippen LogP contribution in [0.25, 0.3) is 0 Å². The number of aliphatic carboxylic acids is 2. The molecule has 1 fully saturated rings. The molecule has 1 unspecified atom stereocenters. The van der Waals surface area contributed by atoms with Crippen molar-refractivity contribution in [2.45, 2.75) is 39.4 Å². The normalized spacial score (nSPS) is 16.8. The standard InChI is InChI=1S/C16H21F3N2O.C4H4O4/c1-4-20-9-8-13(10-20)21(15(22)16(17,18)19)14-7-5-6-11(2)12(14)3;5-3(6)1-2-4(7)8/h5-7,13H,4,8-10H2,1-3H3;1-2H,(H,5,6)(H,7,8)/b;2-1+. The molecule has 0 radical (unpaired) electrons. The van der Waals surface area contributed by atoms with E-state index in [2.05, 4.69) is 4.90 Å². The zero-order valence-electron chi connectivity index (χ0n) is 16.9. The highest BCUT2D eigenvalue weighted by Gasteiger charge is 2.46. The van der Waals surface area contributed by atoms with Crippen LogP contribution < -0.4 is 4.90 Å². The Balaban J connectivity index is 0.000000479. The summed E-state index contributed by atoms with van der Waals surface area (Å²) in [6.45, 7) is 7.53. The third-order valence-electron chi connectivity index (χ3n) is 4.73. The third-order valence-corrected chi connectivity index (χ3v) is 4.73. The number of amides is 1. The molecular formula is C20H25F3N2O5. The monoisotopic (exact) mass is 430 g/mol. The predicted molar refractivity (Wildman–Crippen MR) is 104 cm³/mol. The largest absolute Gasteiger partial charge is 0.478 e. The van der Waals surface area contributed by atoms with Crippen LogP contribution in [-0.4, -0.2) is 64.8 Å². The van der Waals surface area contributed by atoms with E-state index < -0.39 is 30.1 Å². The Kier molecular flexibility index (Phi) is 9.03. The van der Waals surface area contributed by atoms with E-state index >= 15 is 0 Å². The summed E-state index contributed by atoms with van der Waals surface area (Å²) in [7, 11) is 0. The summed E-state index contributed by atoms with van der Waals surface area (Å²) in [6, 6.07) is 4.69. The average Bonchev–Trinajstić information content (AvgIpc) is 3.12. The maximum atomic E-state index is 13.0. The number of likely N-dealkylation sites (tertiary alicyclic amines) is 1. The molecule has 0 saturated carbocycles. The van der Waals surface area contributed by atoms with E-state index in [4.69, 9.17) is 10.2 Å². The van der Waals surface area contributed by atoms with Gasteiger partial charge in [0.05, 0.1) is 6.04 Å². The van der Waals surface area contributed by atoms with Gasteiger partial charge in [-0.25, -0.2) is 9.59 Å². The number of carbonyl (C=O) groups is 3. The number of nitrogens with zero attached hydrogens (tertiary/aromatic N) is 2. The lowest BCUT2D eigenvalue weighted by atomic mass is 10.0. The minimum atomic E-state index is -4.87. The lowest BCUT2D eigenvalue weighted by Gasteiger charge is -2.31. The first kappa shape index (κ1) is 25.2. The second-order valence-electron chi connectivity index (χ2n) is 6.74. The number of alkyl halides is 3. The summed E-state index contributed by atoms with van der Waals surface area (Å²) >= 11 is 0. The first-order chi connectivity index (χ1) is 13.9. The number of hydrogen-bond acceptors (Lipinski definition) is 4. The number of carboxylic acid groups (broad SMARTS) is 2. The molecule has 2 N–H and O–H groups in total. The fraction of sp³-hybridized carbons (Fsp3) is 0.450. The molecule has 0 bridgehead atoms.